The number of carbonyl (C=O) groups is 2. The Morgan fingerprint density at radius 2 is 1.07 bits per heavy atom. The lowest BCUT2D eigenvalue weighted by molar-refractivity contribution is -0.133. The summed E-state index contributed by atoms with van der Waals surface area (Å²) >= 11 is 0. The SMILES string of the molecule is CC(=O)O[Si](C)(C)O[Si](C)(C)OC(C)=O. The lowest BCUT2D eigenvalue weighted by Crippen LogP contribution is -2.49. The summed E-state index contributed by atoms with van der Waals surface area (Å²) in [7, 11) is -5.07. The summed E-state index contributed by atoms with van der Waals surface area (Å²) in [6.45, 7) is 9.63. The average molecular weight is 250 g/mol. The smallest absolute Gasteiger partial charge is 0.387 e. The van der Waals surface area contributed by atoms with Gasteiger partial charge in [-0.1, -0.05) is 0 Å². The Morgan fingerprint density at radius 3 is 1.27 bits per heavy atom. The van der Waals surface area contributed by atoms with Gasteiger partial charge in [-0.25, -0.2) is 0 Å². The third-order valence-corrected chi connectivity index (χ3v) is 6.76. The van der Waals surface area contributed by atoms with Crippen LogP contribution in [0.3, 0.4) is 0 Å². The van der Waals surface area contributed by atoms with Crippen molar-refractivity contribution in [3.8, 4) is 0 Å². The molecule has 0 aromatic heterocycles. The van der Waals surface area contributed by atoms with Crippen molar-refractivity contribution in [1.82, 2.24) is 0 Å². The molecule has 0 aliphatic heterocycles. The summed E-state index contributed by atoms with van der Waals surface area (Å²) < 4.78 is 15.8. The van der Waals surface area contributed by atoms with Crippen LogP contribution in [0.25, 0.3) is 0 Å². The summed E-state index contributed by atoms with van der Waals surface area (Å²) in [5, 5.41) is 0. The van der Waals surface area contributed by atoms with Crippen LogP contribution >= 0.6 is 0 Å². The van der Waals surface area contributed by atoms with E-state index in [2.05, 4.69) is 0 Å². The molecule has 5 nitrogen and oxygen atoms in total. The topological polar surface area (TPSA) is 61.8 Å². The van der Waals surface area contributed by atoms with Crippen molar-refractivity contribution < 1.29 is 22.6 Å². The standard InChI is InChI=1S/C8H18O5Si2/c1-7(9)11-14(3,4)13-15(5,6)12-8(2)10/h1-6H3. The largest absolute Gasteiger partial charge is 0.495 e. The van der Waals surface area contributed by atoms with Gasteiger partial charge in [0.1, 0.15) is 0 Å². The molecule has 0 rings (SSSR count). The molecule has 0 heterocycles. The Kier molecular flexibility index (Phi) is 4.69. The second-order valence-corrected chi connectivity index (χ2v) is 10.9. The fourth-order valence-electron chi connectivity index (χ4n) is 1.33. The van der Waals surface area contributed by atoms with E-state index in [4.69, 9.17) is 13.0 Å². The van der Waals surface area contributed by atoms with E-state index in [9.17, 15) is 9.59 Å². The van der Waals surface area contributed by atoms with Gasteiger partial charge in [0.25, 0.3) is 11.9 Å². The molecule has 15 heavy (non-hydrogen) atoms. The molecule has 0 saturated carbocycles. The minimum Gasteiger partial charge on any atom is -0.495 e. The van der Waals surface area contributed by atoms with Crippen LogP contribution < -0.4 is 0 Å². The van der Waals surface area contributed by atoms with E-state index in [1.807, 2.05) is 0 Å². The highest BCUT2D eigenvalue weighted by atomic mass is 28.5. The van der Waals surface area contributed by atoms with Crippen LogP contribution in [0.1, 0.15) is 13.8 Å². The van der Waals surface area contributed by atoms with Crippen LogP contribution in [-0.4, -0.2) is 29.1 Å². The minimum atomic E-state index is -2.53. The first-order valence-corrected chi connectivity index (χ1v) is 10.3. The predicted molar refractivity (Wildman–Crippen MR) is 59.6 cm³/mol. The third kappa shape index (κ3) is 7.28. The number of carbonyl (C=O) groups excluding carboxylic acids is 2. The van der Waals surface area contributed by atoms with E-state index in [0.29, 0.717) is 0 Å². The Morgan fingerprint density at radius 1 is 0.800 bits per heavy atom. The molecule has 0 aliphatic carbocycles. The molecule has 0 aromatic rings. The second kappa shape index (κ2) is 4.91. The van der Waals surface area contributed by atoms with E-state index in [1.54, 1.807) is 26.2 Å². The zero-order valence-corrected chi connectivity index (χ0v) is 12.0. The van der Waals surface area contributed by atoms with Crippen LogP contribution in [0.5, 0.6) is 0 Å². The van der Waals surface area contributed by atoms with Crippen molar-refractivity contribution in [2.75, 3.05) is 0 Å². The van der Waals surface area contributed by atoms with E-state index < -0.39 is 17.1 Å². The summed E-state index contributed by atoms with van der Waals surface area (Å²) in [5.41, 5.74) is 0. The van der Waals surface area contributed by atoms with Gasteiger partial charge < -0.3 is 13.0 Å². The molecule has 0 radical (unpaired) electrons. The second-order valence-electron chi connectivity index (χ2n) is 4.09. The average Bonchev–Trinajstić information content (AvgIpc) is 1.73. The van der Waals surface area contributed by atoms with Crippen molar-refractivity contribution in [3.05, 3.63) is 0 Å². The number of hydrogen-bond donors (Lipinski definition) is 0. The Hall–Kier alpha value is -0.666. The first-order chi connectivity index (χ1) is 6.54. The normalized spacial score (nSPS) is 12.1. The Balaban J connectivity index is 4.42. The van der Waals surface area contributed by atoms with E-state index in [0.717, 1.165) is 0 Å². The highest BCUT2D eigenvalue weighted by Gasteiger charge is 2.40. The van der Waals surface area contributed by atoms with E-state index in [-0.39, 0.29) is 11.9 Å². The summed E-state index contributed by atoms with van der Waals surface area (Å²) in [4.78, 5) is 21.6. The Labute approximate surface area is 92.2 Å². The molecule has 0 aliphatic rings. The van der Waals surface area contributed by atoms with Crippen molar-refractivity contribution in [3.63, 3.8) is 0 Å². The molecule has 0 amide bonds. The van der Waals surface area contributed by atoms with Gasteiger partial charge in [0.2, 0.25) is 0 Å². The van der Waals surface area contributed by atoms with Crippen LogP contribution in [0.15, 0.2) is 0 Å². The number of rotatable bonds is 4. The molecular weight excluding hydrogens is 232 g/mol. The van der Waals surface area contributed by atoms with Crippen LogP contribution in [0.2, 0.25) is 26.2 Å². The highest BCUT2D eigenvalue weighted by Crippen LogP contribution is 2.16. The van der Waals surface area contributed by atoms with Crippen LogP contribution in [0.4, 0.5) is 0 Å². The summed E-state index contributed by atoms with van der Waals surface area (Å²) in [5.74, 6) is -0.751. The van der Waals surface area contributed by atoms with Gasteiger partial charge in [0.15, 0.2) is 0 Å². The minimum absolute atomic E-state index is 0.376. The molecule has 7 heteroatoms. The van der Waals surface area contributed by atoms with Crippen LogP contribution in [0, 0.1) is 0 Å². The van der Waals surface area contributed by atoms with Gasteiger partial charge in [-0.3, -0.25) is 9.59 Å². The third-order valence-electron chi connectivity index (χ3n) is 1.27. The van der Waals surface area contributed by atoms with Crippen molar-refractivity contribution in [2.24, 2.45) is 0 Å². The first-order valence-electron chi connectivity index (χ1n) is 4.63. The molecular formula is C8H18O5Si2. The monoisotopic (exact) mass is 250 g/mol. The van der Waals surface area contributed by atoms with E-state index >= 15 is 0 Å². The van der Waals surface area contributed by atoms with Crippen molar-refractivity contribution in [2.45, 2.75) is 40.0 Å². The predicted octanol–water partition coefficient (Wildman–Crippen LogP) is 1.53. The lowest BCUT2D eigenvalue weighted by atomic mass is 10.9. The quantitative estimate of drug-likeness (QED) is 0.708. The zero-order chi connectivity index (χ0) is 12.3. The molecule has 0 aromatic carbocycles. The van der Waals surface area contributed by atoms with E-state index in [1.165, 1.54) is 13.8 Å². The molecule has 0 unspecified atom stereocenters. The highest BCUT2D eigenvalue weighted by molar-refractivity contribution is 6.80. The van der Waals surface area contributed by atoms with Gasteiger partial charge in [-0.15, -0.1) is 0 Å². The number of hydrogen-bond acceptors (Lipinski definition) is 5. The van der Waals surface area contributed by atoms with Gasteiger partial charge in [-0.05, 0) is 26.2 Å². The van der Waals surface area contributed by atoms with Gasteiger partial charge >= 0.3 is 17.1 Å². The molecule has 0 spiro atoms. The van der Waals surface area contributed by atoms with Gasteiger partial charge in [-0.2, -0.15) is 0 Å². The lowest BCUT2D eigenvalue weighted by Gasteiger charge is -2.30. The maximum absolute atomic E-state index is 10.8. The molecule has 0 saturated heterocycles. The summed E-state index contributed by atoms with van der Waals surface area (Å²) in [6.07, 6.45) is 0. The van der Waals surface area contributed by atoms with Crippen LogP contribution in [-0.2, 0) is 22.6 Å². The fraction of sp³-hybridized carbons (Fsp3) is 0.750. The van der Waals surface area contributed by atoms with Crippen molar-refractivity contribution in [1.29, 1.82) is 0 Å². The van der Waals surface area contributed by atoms with Crippen molar-refractivity contribution >= 4 is 29.1 Å². The molecule has 0 atom stereocenters. The van der Waals surface area contributed by atoms with Gasteiger partial charge in [0.05, 0.1) is 0 Å². The Bertz CT molecular complexity index is 236. The molecule has 0 N–H and O–H groups in total. The maximum atomic E-state index is 10.8. The zero-order valence-electron chi connectivity index (χ0n) is 10.0. The molecule has 88 valence electrons. The summed E-state index contributed by atoms with van der Waals surface area (Å²) in [6, 6.07) is 0. The first kappa shape index (κ1) is 14.3. The molecule has 0 bridgehead atoms. The molecule has 0 fully saturated rings. The van der Waals surface area contributed by atoms with Gasteiger partial charge in [0, 0.05) is 13.8 Å². The maximum Gasteiger partial charge on any atom is 0.387 e. The fourth-order valence-corrected chi connectivity index (χ4v) is 7.78.